The first-order valence-corrected chi connectivity index (χ1v) is 12.6. The Balaban J connectivity index is 1.75. The zero-order valence-electron chi connectivity index (χ0n) is 18.6. The quantitative estimate of drug-likeness (QED) is 0.398. The van der Waals surface area contributed by atoms with Crippen LogP contribution in [-0.2, 0) is 23.2 Å². The van der Waals surface area contributed by atoms with Gasteiger partial charge in [0.1, 0.15) is 17.4 Å². The van der Waals surface area contributed by atoms with E-state index in [2.05, 4.69) is 4.98 Å². The van der Waals surface area contributed by atoms with Crippen LogP contribution in [0.4, 0.5) is 0 Å². The Labute approximate surface area is 193 Å². The molecule has 3 rings (SSSR count). The third-order valence-electron chi connectivity index (χ3n) is 5.09. The van der Waals surface area contributed by atoms with Crippen molar-refractivity contribution in [2.24, 2.45) is 0 Å². The molecule has 2 aromatic carbocycles. The first-order chi connectivity index (χ1) is 15.4. The molecule has 0 aliphatic carbocycles. The van der Waals surface area contributed by atoms with Crippen molar-refractivity contribution in [3.05, 3.63) is 64.6 Å². The monoisotopic (exact) mass is 476 g/mol. The van der Waals surface area contributed by atoms with Crippen molar-refractivity contribution in [3.63, 3.8) is 0 Å². The van der Waals surface area contributed by atoms with Crippen LogP contribution in [0.25, 0.3) is 0 Å². The molecule has 1 aromatic heterocycles. The molecule has 0 fully saturated rings. The van der Waals surface area contributed by atoms with Crippen molar-refractivity contribution >= 4 is 21.4 Å². The van der Waals surface area contributed by atoms with Gasteiger partial charge in [-0.3, -0.25) is 0 Å². The minimum atomic E-state index is -3.70. The van der Waals surface area contributed by atoms with E-state index < -0.39 is 10.0 Å². The van der Waals surface area contributed by atoms with E-state index in [1.54, 1.807) is 38.5 Å². The van der Waals surface area contributed by atoms with Crippen LogP contribution >= 0.6 is 11.3 Å². The highest BCUT2D eigenvalue weighted by atomic mass is 32.2. The zero-order chi connectivity index (χ0) is 23.1. The van der Waals surface area contributed by atoms with Crippen LogP contribution in [-0.4, -0.2) is 38.0 Å². The highest BCUT2D eigenvalue weighted by Crippen LogP contribution is 2.28. The molecule has 3 aromatic rings. The number of sulfonamides is 1. The lowest BCUT2D eigenvalue weighted by atomic mass is 10.2. The summed E-state index contributed by atoms with van der Waals surface area (Å²) in [6, 6.07) is 13.7. The molecule has 32 heavy (non-hydrogen) atoms. The summed E-state index contributed by atoms with van der Waals surface area (Å²) in [5, 5.41) is 2.64. The number of rotatable bonds is 11. The number of aromatic nitrogens is 1. The van der Waals surface area contributed by atoms with Gasteiger partial charge in [-0.15, -0.1) is 11.3 Å². The Kier molecular flexibility index (Phi) is 8.11. The van der Waals surface area contributed by atoms with Gasteiger partial charge >= 0.3 is 0 Å². The molecule has 7 nitrogen and oxygen atoms in total. The van der Waals surface area contributed by atoms with E-state index in [1.165, 1.54) is 15.6 Å². The van der Waals surface area contributed by atoms with Gasteiger partial charge in [0, 0.05) is 11.4 Å². The molecular formula is C23H28N2O5S2. The van der Waals surface area contributed by atoms with Gasteiger partial charge in [-0.2, -0.15) is 4.31 Å². The minimum absolute atomic E-state index is 0.183. The van der Waals surface area contributed by atoms with Crippen molar-refractivity contribution in [3.8, 4) is 17.2 Å². The van der Waals surface area contributed by atoms with Crippen LogP contribution in [0.3, 0.4) is 0 Å². The zero-order valence-corrected chi connectivity index (χ0v) is 20.3. The van der Waals surface area contributed by atoms with Crippen LogP contribution < -0.4 is 14.2 Å². The summed E-state index contributed by atoms with van der Waals surface area (Å²) in [7, 11) is -0.554. The average Bonchev–Trinajstić information content (AvgIpc) is 3.28. The topological polar surface area (TPSA) is 78.0 Å². The molecule has 0 amide bonds. The first-order valence-electron chi connectivity index (χ1n) is 10.2. The summed E-state index contributed by atoms with van der Waals surface area (Å²) in [4.78, 5) is 4.83. The standard InChI is InChI=1S/C23H28N2O5S2/c1-5-17(2)25(32(26,27)20-12-10-19(28-3)11-13-20)14-18-16-31-23(24-18)15-30-22-9-7-6-8-21(22)29-4/h6-13,16-17H,5,14-15H2,1-4H3/t17-/m0/s1. The van der Waals surface area contributed by atoms with E-state index in [1.807, 2.05) is 43.5 Å². The summed E-state index contributed by atoms with van der Waals surface area (Å²) < 4.78 is 44.5. The van der Waals surface area contributed by atoms with E-state index >= 15 is 0 Å². The molecule has 0 bridgehead atoms. The van der Waals surface area contributed by atoms with Gasteiger partial charge in [0.15, 0.2) is 11.5 Å². The normalized spacial score (nSPS) is 12.5. The van der Waals surface area contributed by atoms with Crippen molar-refractivity contribution < 1.29 is 22.6 Å². The SMILES string of the molecule is CC[C@H](C)N(Cc1csc(COc2ccccc2OC)n1)S(=O)(=O)c1ccc(OC)cc1. The molecule has 9 heteroatoms. The molecule has 0 saturated carbocycles. The lowest BCUT2D eigenvalue weighted by Crippen LogP contribution is -2.37. The van der Waals surface area contributed by atoms with Gasteiger partial charge < -0.3 is 14.2 Å². The third kappa shape index (κ3) is 5.59. The highest BCUT2D eigenvalue weighted by Gasteiger charge is 2.29. The number of hydrogen-bond donors (Lipinski definition) is 0. The maximum Gasteiger partial charge on any atom is 0.243 e. The van der Waals surface area contributed by atoms with Crippen LogP contribution in [0, 0.1) is 0 Å². The van der Waals surface area contributed by atoms with E-state index in [0.29, 0.717) is 29.4 Å². The fourth-order valence-corrected chi connectivity index (χ4v) is 5.46. The molecule has 0 N–H and O–H groups in total. The fraction of sp³-hybridized carbons (Fsp3) is 0.348. The molecule has 0 aliphatic heterocycles. The predicted molar refractivity (Wildman–Crippen MR) is 125 cm³/mol. The van der Waals surface area contributed by atoms with Crippen LogP contribution in [0.2, 0.25) is 0 Å². The number of para-hydroxylation sites is 2. The highest BCUT2D eigenvalue weighted by molar-refractivity contribution is 7.89. The van der Waals surface area contributed by atoms with E-state index in [0.717, 1.165) is 5.01 Å². The number of ether oxygens (including phenoxy) is 3. The lowest BCUT2D eigenvalue weighted by Gasteiger charge is -2.27. The van der Waals surface area contributed by atoms with Gasteiger partial charge in [-0.1, -0.05) is 19.1 Å². The molecular weight excluding hydrogens is 448 g/mol. The van der Waals surface area contributed by atoms with Crippen molar-refractivity contribution in [1.29, 1.82) is 0 Å². The van der Waals surface area contributed by atoms with E-state index in [9.17, 15) is 8.42 Å². The summed E-state index contributed by atoms with van der Waals surface area (Å²) in [5.74, 6) is 1.89. The fourth-order valence-electron chi connectivity index (χ4n) is 3.09. The molecule has 0 spiro atoms. The summed E-state index contributed by atoms with van der Waals surface area (Å²) in [5.41, 5.74) is 0.686. The molecule has 172 valence electrons. The molecule has 1 heterocycles. The van der Waals surface area contributed by atoms with Crippen molar-refractivity contribution in [1.82, 2.24) is 9.29 Å². The number of methoxy groups -OCH3 is 2. The lowest BCUT2D eigenvalue weighted by molar-refractivity contribution is 0.283. The number of nitrogens with zero attached hydrogens (tertiary/aromatic N) is 2. The Bertz CT molecular complexity index is 1110. The number of benzene rings is 2. The molecule has 1 atom stereocenters. The summed E-state index contributed by atoms with van der Waals surface area (Å²) >= 11 is 1.44. The predicted octanol–water partition coefficient (Wildman–Crippen LogP) is 4.73. The Hall–Kier alpha value is -2.62. The second kappa shape index (κ2) is 10.8. The van der Waals surface area contributed by atoms with Gasteiger partial charge in [-0.25, -0.2) is 13.4 Å². The van der Waals surface area contributed by atoms with Crippen LogP contribution in [0.1, 0.15) is 31.0 Å². The molecule has 0 unspecified atom stereocenters. The maximum atomic E-state index is 13.3. The van der Waals surface area contributed by atoms with Gasteiger partial charge in [0.05, 0.1) is 31.4 Å². The smallest absolute Gasteiger partial charge is 0.243 e. The minimum Gasteiger partial charge on any atom is -0.497 e. The second-order valence-corrected chi connectivity index (χ2v) is 9.99. The maximum absolute atomic E-state index is 13.3. The number of thiazole rings is 1. The van der Waals surface area contributed by atoms with Crippen molar-refractivity contribution in [2.75, 3.05) is 14.2 Å². The molecule has 0 radical (unpaired) electrons. The largest absolute Gasteiger partial charge is 0.497 e. The summed E-state index contributed by atoms with van der Waals surface area (Å²) in [6.45, 7) is 4.34. The van der Waals surface area contributed by atoms with Gasteiger partial charge in [0.2, 0.25) is 10.0 Å². The van der Waals surface area contributed by atoms with Crippen molar-refractivity contribution in [2.45, 2.75) is 44.4 Å². The first kappa shape index (κ1) is 24.0. The van der Waals surface area contributed by atoms with Gasteiger partial charge in [-0.05, 0) is 49.7 Å². The average molecular weight is 477 g/mol. The third-order valence-corrected chi connectivity index (χ3v) is 7.93. The Morgan fingerprint density at radius 1 is 1.03 bits per heavy atom. The Morgan fingerprint density at radius 2 is 1.72 bits per heavy atom. The molecule has 0 saturated heterocycles. The van der Waals surface area contributed by atoms with E-state index in [-0.39, 0.29) is 24.1 Å². The molecule has 0 aliphatic rings. The van der Waals surface area contributed by atoms with Crippen LogP contribution in [0.15, 0.2) is 58.8 Å². The number of hydrogen-bond acceptors (Lipinski definition) is 7. The Morgan fingerprint density at radius 3 is 2.34 bits per heavy atom. The van der Waals surface area contributed by atoms with E-state index in [4.69, 9.17) is 14.2 Å². The van der Waals surface area contributed by atoms with Gasteiger partial charge in [0.25, 0.3) is 0 Å². The second-order valence-electron chi connectivity index (χ2n) is 7.16. The summed E-state index contributed by atoms with van der Waals surface area (Å²) in [6.07, 6.45) is 0.684. The van der Waals surface area contributed by atoms with Crippen LogP contribution in [0.5, 0.6) is 17.2 Å².